The average molecular weight is 324 g/mol. The summed E-state index contributed by atoms with van der Waals surface area (Å²) in [5, 5.41) is 22.8. The van der Waals surface area contributed by atoms with Crippen LogP contribution in [-0.4, -0.2) is 44.9 Å². The minimum absolute atomic E-state index is 0. The van der Waals surface area contributed by atoms with Gasteiger partial charge in [-0.1, -0.05) is 30.3 Å². The van der Waals surface area contributed by atoms with Gasteiger partial charge in [-0.25, -0.2) is 9.78 Å². The predicted molar refractivity (Wildman–Crippen MR) is 84.4 cm³/mol. The van der Waals surface area contributed by atoms with E-state index in [2.05, 4.69) is 10.3 Å². The number of carbonyl (C=O) groups is 1. The molecule has 0 saturated carbocycles. The summed E-state index contributed by atoms with van der Waals surface area (Å²) >= 11 is 0. The Morgan fingerprint density at radius 3 is 2.68 bits per heavy atom. The van der Waals surface area contributed by atoms with Crippen LogP contribution in [-0.2, 0) is 0 Å². The molecule has 6 nitrogen and oxygen atoms in total. The Bertz CT molecular complexity index is 645. The van der Waals surface area contributed by atoms with E-state index >= 15 is 0 Å². The van der Waals surface area contributed by atoms with Crippen molar-refractivity contribution in [3.05, 3.63) is 42.4 Å². The maximum absolute atomic E-state index is 11.4. The minimum Gasteiger partial charge on any atom is -0.476 e. The van der Waals surface area contributed by atoms with Crippen molar-refractivity contribution in [2.75, 3.05) is 13.1 Å². The quantitative estimate of drug-likeness (QED) is 0.798. The van der Waals surface area contributed by atoms with Gasteiger partial charge in [0.2, 0.25) is 0 Å². The van der Waals surface area contributed by atoms with E-state index in [1.807, 2.05) is 30.3 Å². The number of imidazole rings is 1. The molecule has 1 saturated heterocycles. The second-order valence-corrected chi connectivity index (χ2v) is 5.15. The fourth-order valence-electron chi connectivity index (χ4n) is 2.76. The maximum atomic E-state index is 11.4. The van der Waals surface area contributed by atoms with Gasteiger partial charge < -0.3 is 20.1 Å². The van der Waals surface area contributed by atoms with Gasteiger partial charge in [-0.05, 0) is 13.0 Å². The van der Waals surface area contributed by atoms with Crippen molar-refractivity contribution in [2.24, 2.45) is 0 Å². The lowest BCUT2D eigenvalue weighted by Gasteiger charge is -2.30. The van der Waals surface area contributed by atoms with Crippen LogP contribution in [0.25, 0.3) is 11.3 Å². The number of piperidine rings is 1. The smallest absolute Gasteiger partial charge is 0.356 e. The van der Waals surface area contributed by atoms with Crippen LogP contribution in [0.2, 0.25) is 0 Å². The first kappa shape index (κ1) is 16.5. The van der Waals surface area contributed by atoms with Crippen molar-refractivity contribution in [1.29, 1.82) is 0 Å². The number of halogens is 1. The molecule has 118 valence electrons. The molecule has 1 aliphatic rings. The summed E-state index contributed by atoms with van der Waals surface area (Å²) < 4.78 is 1.77. The van der Waals surface area contributed by atoms with Gasteiger partial charge in [0.15, 0.2) is 5.69 Å². The van der Waals surface area contributed by atoms with E-state index < -0.39 is 12.1 Å². The monoisotopic (exact) mass is 323 g/mol. The maximum Gasteiger partial charge on any atom is 0.356 e. The summed E-state index contributed by atoms with van der Waals surface area (Å²) in [5.74, 6) is -1.06. The number of rotatable bonds is 3. The Balaban J connectivity index is 0.00000176. The summed E-state index contributed by atoms with van der Waals surface area (Å²) in [6.45, 7) is 1.36. The van der Waals surface area contributed by atoms with E-state index in [0.29, 0.717) is 18.7 Å². The van der Waals surface area contributed by atoms with Crippen molar-refractivity contribution in [3.8, 4) is 11.3 Å². The van der Waals surface area contributed by atoms with Crippen LogP contribution in [0.5, 0.6) is 0 Å². The van der Waals surface area contributed by atoms with Crippen molar-refractivity contribution in [3.63, 3.8) is 0 Å². The number of hydrogen-bond donors (Lipinski definition) is 3. The Morgan fingerprint density at radius 2 is 2.05 bits per heavy atom. The van der Waals surface area contributed by atoms with Gasteiger partial charge in [-0.3, -0.25) is 0 Å². The van der Waals surface area contributed by atoms with Gasteiger partial charge in [0, 0.05) is 12.1 Å². The first-order valence-corrected chi connectivity index (χ1v) is 6.93. The molecule has 0 radical (unpaired) electrons. The molecule has 3 N–H and O–H groups in total. The number of hydrogen-bond acceptors (Lipinski definition) is 4. The van der Waals surface area contributed by atoms with Crippen LogP contribution >= 0.6 is 12.4 Å². The number of aliphatic hydroxyl groups excluding tert-OH is 1. The van der Waals surface area contributed by atoms with Gasteiger partial charge in [-0.2, -0.15) is 0 Å². The molecular weight excluding hydrogens is 306 g/mol. The molecule has 0 spiro atoms. The van der Waals surface area contributed by atoms with Crippen molar-refractivity contribution in [2.45, 2.75) is 18.6 Å². The minimum atomic E-state index is -1.06. The van der Waals surface area contributed by atoms with Crippen LogP contribution in [0.4, 0.5) is 0 Å². The zero-order chi connectivity index (χ0) is 14.8. The fraction of sp³-hybridized carbons (Fsp3) is 0.333. The molecular formula is C15H18ClN3O3. The van der Waals surface area contributed by atoms with E-state index in [1.54, 1.807) is 4.57 Å². The third-order valence-corrected chi connectivity index (χ3v) is 3.82. The summed E-state index contributed by atoms with van der Waals surface area (Å²) in [5.41, 5.74) is 1.33. The highest BCUT2D eigenvalue weighted by atomic mass is 35.5. The highest BCUT2D eigenvalue weighted by Crippen LogP contribution is 2.29. The molecule has 0 aliphatic carbocycles. The van der Waals surface area contributed by atoms with Gasteiger partial charge in [0.05, 0.1) is 24.2 Å². The van der Waals surface area contributed by atoms with E-state index in [4.69, 9.17) is 0 Å². The molecule has 1 aromatic heterocycles. The van der Waals surface area contributed by atoms with Gasteiger partial charge in [0.1, 0.15) is 0 Å². The number of aromatic nitrogens is 2. The Morgan fingerprint density at radius 1 is 1.32 bits per heavy atom. The Hall–Kier alpha value is -1.89. The molecule has 2 aromatic rings. The number of aliphatic hydroxyl groups is 1. The second-order valence-electron chi connectivity index (χ2n) is 5.15. The normalized spacial score (nSPS) is 21.1. The third kappa shape index (κ3) is 2.99. The van der Waals surface area contributed by atoms with E-state index in [9.17, 15) is 15.0 Å². The standard InChI is InChI=1S/C15H17N3O3.ClH/c19-12-6-7-16-8-11(12)18-9-17-13(15(20)21)14(18)10-4-2-1-3-5-10;/h1-5,9,11-12,16,19H,6-8H2,(H,20,21);1H/t11-,12-;/m1./s1. The molecule has 7 heteroatoms. The lowest BCUT2D eigenvalue weighted by molar-refractivity contribution is 0.0689. The number of carboxylic acid groups (broad SMARTS) is 1. The molecule has 0 amide bonds. The van der Waals surface area contributed by atoms with E-state index in [1.165, 1.54) is 6.33 Å². The molecule has 0 unspecified atom stereocenters. The summed E-state index contributed by atoms with van der Waals surface area (Å²) in [6, 6.07) is 9.07. The molecule has 1 fully saturated rings. The number of aromatic carboxylic acids is 1. The van der Waals surface area contributed by atoms with E-state index in [-0.39, 0.29) is 24.1 Å². The number of benzene rings is 1. The topological polar surface area (TPSA) is 87.4 Å². The SMILES string of the molecule is Cl.O=C(O)c1ncn([C@@H]2CNCC[C@H]2O)c1-c1ccccc1. The molecule has 3 rings (SSSR count). The van der Waals surface area contributed by atoms with Gasteiger partial charge >= 0.3 is 5.97 Å². The third-order valence-electron chi connectivity index (χ3n) is 3.82. The zero-order valence-electron chi connectivity index (χ0n) is 11.8. The average Bonchev–Trinajstić information content (AvgIpc) is 2.93. The van der Waals surface area contributed by atoms with Crippen LogP contribution in [0.15, 0.2) is 36.7 Å². The number of nitrogens with zero attached hydrogens (tertiary/aromatic N) is 2. The second kappa shape index (κ2) is 6.91. The fourth-order valence-corrected chi connectivity index (χ4v) is 2.76. The highest BCUT2D eigenvalue weighted by Gasteiger charge is 2.29. The first-order chi connectivity index (χ1) is 10.2. The lowest BCUT2D eigenvalue weighted by atomic mass is 10.0. The van der Waals surface area contributed by atoms with Crippen LogP contribution in [0.1, 0.15) is 23.0 Å². The van der Waals surface area contributed by atoms with Gasteiger partial charge in [0.25, 0.3) is 0 Å². The Kier molecular flexibility index (Phi) is 5.18. The first-order valence-electron chi connectivity index (χ1n) is 6.93. The predicted octanol–water partition coefficient (Wildman–Crippen LogP) is 1.57. The molecule has 2 atom stereocenters. The molecule has 1 aromatic carbocycles. The van der Waals surface area contributed by atoms with Crippen LogP contribution < -0.4 is 5.32 Å². The highest BCUT2D eigenvalue weighted by molar-refractivity contribution is 5.93. The zero-order valence-corrected chi connectivity index (χ0v) is 12.7. The summed E-state index contributed by atoms with van der Waals surface area (Å²) in [6.07, 6.45) is 1.64. The largest absolute Gasteiger partial charge is 0.476 e. The number of carboxylic acids is 1. The van der Waals surface area contributed by atoms with Crippen LogP contribution in [0, 0.1) is 0 Å². The van der Waals surface area contributed by atoms with E-state index in [0.717, 1.165) is 12.1 Å². The molecule has 2 heterocycles. The van der Waals surface area contributed by atoms with Crippen LogP contribution in [0.3, 0.4) is 0 Å². The lowest BCUT2D eigenvalue weighted by Crippen LogP contribution is -2.41. The van der Waals surface area contributed by atoms with Crippen molar-refractivity contribution in [1.82, 2.24) is 14.9 Å². The summed E-state index contributed by atoms with van der Waals surface area (Å²) in [7, 11) is 0. The Labute approximate surface area is 134 Å². The van der Waals surface area contributed by atoms with Crippen molar-refractivity contribution >= 4 is 18.4 Å². The summed E-state index contributed by atoms with van der Waals surface area (Å²) in [4.78, 5) is 15.4. The van der Waals surface area contributed by atoms with Crippen molar-refractivity contribution < 1.29 is 15.0 Å². The molecule has 1 aliphatic heterocycles. The molecule has 0 bridgehead atoms. The van der Waals surface area contributed by atoms with Gasteiger partial charge in [-0.15, -0.1) is 12.4 Å². The molecule has 22 heavy (non-hydrogen) atoms. The number of nitrogens with one attached hydrogen (secondary N) is 1.